The topological polar surface area (TPSA) is 49.4 Å². The van der Waals surface area contributed by atoms with Crippen LogP contribution >= 0.6 is 27.5 Å². The third kappa shape index (κ3) is 7.15. The van der Waals surface area contributed by atoms with Crippen LogP contribution in [0, 0.1) is 5.82 Å². The average molecular weight is 546 g/mol. The standard InChI is InChI=1S/C27H27BrClFN2O2/c1-2-14-31-27(34)25(16-19-8-4-3-5-9-19)32(18-20-10-6-11-21(28)15-20)26(33)17-22-23(29)12-7-13-24(22)30/h3-13,15,25H,2,14,16-18H2,1H3,(H,31,34)/t25-/m1/s1. The van der Waals surface area contributed by atoms with Crippen molar-refractivity contribution in [1.82, 2.24) is 10.2 Å². The number of hydrogen-bond acceptors (Lipinski definition) is 2. The van der Waals surface area contributed by atoms with Gasteiger partial charge in [-0.1, -0.05) is 83.0 Å². The number of nitrogens with one attached hydrogen (secondary N) is 1. The van der Waals surface area contributed by atoms with E-state index in [0.29, 0.717) is 13.0 Å². The van der Waals surface area contributed by atoms with Crippen LogP contribution in [0.25, 0.3) is 0 Å². The summed E-state index contributed by atoms with van der Waals surface area (Å²) in [6.45, 7) is 2.67. The van der Waals surface area contributed by atoms with E-state index in [0.717, 1.165) is 22.0 Å². The number of rotatable bonds is 10. The van der Waals surface area contributed by atoms with Gasteiger partial charge in [0.15, 0.2) is 0 Å². The first-order valence-electron chi connectivity index (χ1n) is 11.2. The molecule has 34 heavy (non-hydrogen) atoms. The third-order valence-electron chi connectivity index (χ3n) is 5.45. The van der Waals surface area contributed by atoms with Gasteiger partial charge in [0.25, 0.3) is 0 Å². The molecule has 1 N–H and O–H groups in total. The molecular weight excluding hydrogens is 519 g/mol. The minimum atomic E-state index is -0.772. The van der Waals surface area contributed by atoms with Crippen LogP contribution in [0.3, 0.4) is 0 Å². The Morgan fingerprint density at radius 1 is 1.03 bits per heavy atom. The molecule has 3 aromatic rings. The second-order valence-corrected chi connectivity index (χ2v) is 9.35. The van der Waals surface area contributed by atoms with Crippen LogP contribution in [0.1, 0.15) is 30.0 Å². The molecule has 0 unspecified atom stereocenters. The normalized spacial score (nSPS) is 11.6. The van der Waals surface area contributed by atoms with Gasteiger partial charge in [0, 0.05) is 34.6 Å². The lowest BCUT2D eigenvalue weighted by molar-refractivity contribution is -0.140. The zero-order valence-electron chi connectivity index (χ0n) is 18.9. The highest BCUT2D eigenvalue weighted by molar-refractivity contribution is 9.10. The van der Waals surface area contributed by atoms with Gasteiger partial charge in [-0.05, 0) is 41.8 Å². The van der Waals surface area contributed by atoms with E-state index in [4.69, 9.17) is 11.6 Å². The number of carbonyl (C=O) groups is 2. The molecule has 0 spiro atoms. The fourth-order valence-electron chi connectivity index (χ4n) is 3.71. The Morgan fingerprint density at radius 2 is 1.74 bits per heavy atom. The molecule has 0 aliphatic rings. The second-order valence-electron chi connectivity index (χ2n) is 8.03. The van der Waals surface area contributed by atoms with Crippen molar-refractivity contribution in [2.24, 2.45) is 0 Å². The van der Waals surface area contributed by atoms with E-state index < -0.39 is 11.9 Å². The Morgan fingerprint density at radius 3 is 2.41 bits per heavy atom. The molecule has 3 rings (SSSR count). The molecule has 0 fully saturated rings. The summed E-state index contributed by atoms with van der Waals surface area (Å²) >= 11 is 9.67. The van der Waals surface area contributed by atoms with Gasteiger partial charge in [-0.3, -0.25) is 9.59 Å². The fourth-order valence-corrected chi connectivity index (χ4v) is 4.38. The van der Waals surface area contributed by atoms with E-state index in [1.165, 1.54) is 17.0 Å². The number of halogens is 3. The largest absolute Gasteiger partial charge is 0.354 e. The summed E-state index contributed by atoms with van der Waals surface area (Å²) in [7, 11) is 0. The van der Waals surface area contributed by atoms with Crippen LogP contribution < -0.4 is 5.32 Å². The quantitative estimate of drug-likeness (QED) is 0.342. The number of nitrogens with zero attached hydrogens (tertiary/aromatic N) is 1. The predicted octanol–water partition coefficient (Wildman–Crippen LogP) is 5.95. The maximum Gasteiger partial charge on any atom is 0.243 e. The van der Waals surface area contributed by atoms with Crippen LogP contribution in [-0.2, 0) is 29.0 Å². The number of benzene rings is 3. The summed E-state index contributed by atoms with van der Waals surface area (Å²) in [5.41, 5.74) is 1.90. The molecule has 0 aliphatic heterocycles. The Balaban J connectivity index is 1.99. The first-order chi connectivity index (χ1) is 16.4. The van der Waals surface area contributed by atoms with Crippen molar-refractivity contribution in [3.63, 3.8) is 0 Å². The van der Waals surface area contributed by atoms with E-state index in [1.807, 2.05) is 61.5 Å². The summed E-state index contributed by atoms with van der Waals surface area (Å²) < 4.78 is 15.4. The zero-order chi connectivity index (χ0) is 24.5. The van der Waals surface area contributed by atoms with E-state index in [-0.39, 0.29) is 35.4 Å². The molecule has 0 heterocycles. The van der Waals surface area contributed by atoms with Crippen molar-refractivity contribution in [2.75, 3.05) is 6.54 Å². The van der Waals surface area contributed by atoms with Gasteiger partial charge in [0.05, 0.1) is 6.42 Å². The first kappa shape index (κ1) is 25.9. The number of hydrogen-bond donors (Lipinski definition) is 1. The smallest absolute Gasteiger partial charge is 0.243 e. The van der Waals surface area contributed by atoms with Gasteiger partial charge in [-0.25, -0.2) is 4.39 Å². The van der Waals surface area contributed by atoms with Crippen molar-refractivity contribution in [3.8, 4) is 0 Å². The second kappa shape index (κ2) is 12.7. The van der Waals surface area contributed by atoms with E-state index in [1.54, 1.807) is 6.07 Å². The summed E-state index contributed by atoms with van der Waals surface area (Å²) in [5.74, 6) is -1.16. The average Bonchev–Trinajstić information content (AvgIpc) is 2.82. The lowest BCUT2D eigenvalue weighted by Gasteiger charge is -2.32. The lowest BCUT2D eigenvalue weighted by Crippen LogP contribution is -2.51. The molecule has 7 heteroatoms. The van der Waals surface area contributed by atoms with Crippen LogP contribution in [0.15, 0.2) is 77.3 Å². The monoisotopic (exact) mass is 544 g/mol. The van der Waals surface area contributed by atoms with Gasteiger partial charge >= 0.3 is 0 Å². The van der Waals surface area contributed by atoms with Crippen LogP contribution in [0.4, 0.5) is 4.39 Å². The predicted molar refractivity (Wildman–Crippen MR) is 137 cm³/mol. The zero-order valence-corrected chi connectivity index (χ0v) is 21.3. The molecule has 0 aliphatic carbocycles. The molecule has 2 amide bonds. The number of amides is 2. The van der Waals surface area contributed by atoms with Gasteiger partial charge in [0.1, 0.15) is 11.9 Å². The summed E-state index contributed by atoms with van der Waals surface area (Å²) in [6, 6.07) is 20.7. The van der Waals surface area contributed by atoms with Gasteiger partial charge in [0.2, 0.25) is 11.8 Å². The SMILES string of the molecule is CCCNC(=O)[C@@H](Cc1ccccc1)N(Cc1cccc(Br)c1)C(=O)Cc1c(F)cccc1Cl. The molecule has 0 saturated carbocycles. The van der Waals surface area contributed by atoms with Crippen LogP contribution in [0.5, 0.6) is 0 Å². The van der Waals surface area contributed by atoms with Crippen molar-refractivity contribution in [3.05, 3.63) is 105 Å². The molecule has 4 nitrogen and oxygen atoms in total. The third-order valence-corrected chi connectivity index (χ3v) is 6.30. The Hall–Kier alpha value is -2.70. The lowest BCUT2D eigenvalue weighted by atomic mass is 10.0. The fraction of sp³-hybridized carbons (Fsp3) is 0.259. The van der Waals surface area contributed by atoms with Gasteiger partial charge < -0.3 is 10.2 Å². The van der Waals surface area contributed by atoms with Crippen LogP contribution in [0.2, 0.25) is 5.02 Å². The van der Waals surface area contributed by atoms with Crippen molar-refractivity contribution < 1.29 is 14.0 Å². The van der Waals surface area contributed by atoms with E-state index in [2.05, 4.69) is 21.2 Å². The van der Waals surface area contributed by atoms with Crippen LogP contribution in [-0.4, -0.2) is 29.3 Å². The molecule has 178 valence electrons. The van der Waals surface area contributed by atoms with Crippen molar-refractivity contribution in [1.29, 1.82) is 0 Å². The van der Waals surface area contributed by atoms with Crippen molar-refractivity contribution >= 4 is 39.3 Å². The van der Waals surface area contributed by atoms with E-state index >= 15 is 0 Å². The van der Waals surface area contributed by atoms with Gasteiger partial charge in [-0.2, -0.15) is 0 Å². The highest BCUT2D eigenvalue weighted by Gasteiger charge is 2.31. The van der Waals surface area contributed by atoms with Gasteiger partial charge in [-0.15, -0.1) is 0 Å². The molecule has 0 radical (unpaired) electrons. The Labute approximate surface area is 213 Å². The Bertz CT molecular complexity index is 1110. The maximum absolute atomic E-state index is 14.5. The molecule has 1 atom stereocenters. The summed E-state index contributed by atoms with van der Waals surface area (Å²) in [6.07, 6.45) is 0.862. The molecule has 0 saturated heterocycles. The summed E-state index contributed by atoms with van der Waals surface area (Å²) in [4.78, 5) is 28.4. The van der Waals surface area contributed by atoms with Crippen molar-refractivity contribution in [2.45, 2.75) is 38.8 Å². The number of carbonyl (C=O) groups excluding carboxylic acids is 2. The molecule has 0 aromatic heterocycles. The molecule has 0 bridgehead atoms. The molecular formula is C27H27BrClFN2O2. The minimum Gasteiger partial charge on any atom is -0.354 e. The Kier molecular flexibility index (Phi) is 9.66. The van der Waals surface area contributed by atoms with E-state index in [9.17, 15) is 14.0 Å². The highest BCUT2D eigenvalue weighted by atomic mass is 79.9. The molecule has 3 aromatic carbocycles. The summed E-state index contributed by atoms with van der Waals surface area (Å²) in [5, 5.41) is 3.12. The highest BCUT2D eigenvalue weighted by Crippen LogP contribution is 2.23. The maximum atomic E-state index is 14.5. The minimum absolute atomic E-state index is 0.126. The first-order valence-corrected chi connectivity index (χ1v) is 12.3.